The van der Waals surface area contributed by atoms with Gasteiger partial charge >= 0.3 is 0 Å². The summed E-state index contributed by atoms with van der Waals surface area (Å²) < 4.78 is 0. The minimum absolute atomic E-state index is 0.142. The molecule has 0 unspecified atom stereocenters. The van der Waals surface area contributed by atoms with E-state index in [2.05, 4.69) is 10.6 Å². The number of hydrogen-bond acceptors (Lipinski definition) is 5. The van der Waals surface area contributed by atoms with Crippen LogP contribution in [0.25, 0.3) is 22.3 Å². The van der Waals surface area contributed by atoms with Crippen molar-refractivity contribution in [2.45, 2.75) is 0 Å². The number of amides is 2. The van der Waals surface area contributed by atoms with Gasteiger partial charge in [-0.05, 0) is 89.0 Å². The highest BCUT2D eigenvalue weighted by atomic mass is 16.3. The van der Waals surface area contributed by atoms with E-state index < -0.39 is 11.8 Å². The molecule has 5 rings (SSSR count). The molecular weight excluding hydrogens is 488 g/mol. The average molecular weight is 515 g/mol. The molecule has 39 heavy (non-hydrogen) atoms. The Morgan fingerprint density at radius 2 is 0.897 bits per heavy atom. The van der Waals surface area contributed by atoms with Gasteiger partial charge in [-0.3, -0.25) is 9.59 Å². The Kier molecular flexibility index (Phi) is 6.96. The van der Waals surface area contributed by atoms with Gasteiger partial charge < -0.3 is 27.2 Å². The van der Waals surface area contributed by atoms with Gasteiger partial charge in [0.15, 0.2) is 0 Å². The maximum Gasteiger partial charge on any atom is 0.255 e. The van der Waals surface area contributed by atoms with Crippen molar-refractivity contribution in [1.82, 2.24) is 0 Å². The SMILES string of the molecule is Nc1cccc(-c2cccc(NC(=O)c3cc(O)cc(C(=O)Nc4cccc(-c5cccc(N)c5)c4)c3)c2)c1. The lowest BCUT2D eigenvalue weighted by Gasteiger charge is -2.11. The normalized spacial score (nSPS) is 10.6. The number of rotatable bonds is 6. The molecule has 7 nitrogen and oxygen atoms in total. The molecule has 0 radical (unpaired) electrons. The first-order chi connectivity index (χ1) is 18.8. The lowest BCUT2D eigenvalue weighted by atomic mass is 10.0. The predicted molar refractivity (Wildman–Crippen MR) is 157 cm³/mol. The van der Waals surface area contributed by atoms with E-state index in [1.165, 1.54) is 18.2 Å². The molecule has 0 aromatic heterocycles. The van der Waals surface area contributed by atoms with Gasteiger partial charge in [-0.15, -0.1) is 0 Å². The molecule has 5 aromatic rings. The van der Waals surface area contributed by atoms with Crippen molar-refractivity contribution in [2.75, 3.05) is 22.1 Å². The molecular formula is C32H26N4O3. The molecule has 0 aliphatic carbocycles. The van der Waals surface area contributed by atoms with Crippen LogP contribution in [0.3, 0.4) is 0 Å². The minimum atomic E-state index is -0.465. The molecule has 0 spiro atoms. The fourth-order valence-electron chi connectivity index (χ4n) is 4.27. The highest BCUT2D eigenvalue weighted by molar-refractivity contribution is 6.09. The van der Waals surface area contributed by atoms with Crippen LogP contribution < -0.4 is 22.1 Å². The fourth-order valence-corrected chi connectivity index (χ4v) is 4.27. The standard InChI is InChI=1S/C32H26N4O3/c33-26-9-1-5-20(14-26)22-7-3-11-28(16-22)35-31(38)24-13-25(19-30(37)18-24)32(39)36-29-12-4-8-23(17-29)21-6-2-10-27(34)15-21/h1-19,37H,33-34H2,(H,35,38)(H,36,39). The smallest absolute Gasteiger partial charge is 0.255 e. The summed E-state index contributed by atoms with van der Waals surface area (Å²) in [4.78, 5) is 26.1. The number of aromatic hydroxyl groups is 1. The Morgan fingerprint density at radius 3 is 1.31 bits per heavy atom. The molecule has 0 aliphatic heterocycles. The average Bonchev–Trinajstić information content (AvgIpc) is 2.93. The first kappa shape index (κ1) is 25.1. The zero-order chi connectivity index (χ0) is 27.4. The monoisotopic (exact) mass is 514 g/mol. The van der Waals surface area contributed by atoms with Crippen LogP contribution in [0.15, 0.2) is 115 Å². The highest BCUT2D eigenvalue weighted by Crippen LogP contribution is 2.27. The molecule has 7 N–H and O–H groups in total. The van der Waals surface area contributed by atoms with Crippen LogP contribution in [0.4, 0.5) is 22.7 Å². The number of anilines is 4. The molecule has 0 saturated heterocycles. The van der Waals surface area contributed by atoms with Gasteiger partial charge in [-0.1, -0.05) is 48.5 Å². The molecule has 0 fully saturated rings. The van der Waals surface area contributed by atoms with Crippen LogP contribution >= 0.6 is 0 Å². The molecule has 0 heterocycles. The Balaban J connectivity index is 1.33. The Bertz CT molecular complexity index is 1580. The number of phenolic OH excluding ortho intramolecular Hbond substituents is 1. The van der Waals surface area contributed by atoms with Crippen molar-refractivity contribution in [1.29, 1.82) is 0 Å². The second-order valence-corrected chi connectivity index (χ2v) is 9.09. The van der Waals surface area contributed by atoms with Crippen molar-refractivity contribution < 1.29 is 14.7 Å². The summed E-state index contributed by atoms with van der Waals surface area (Å²) in [5, 5.41) is 15.9. The van der Waals surface area contributed by atoms with Crippen molar-refractivity contribution in [2.24, 2.45) is 0 Å². The number of carbonyl (C=O) groups is 2. The second kappa shape index (κ2) is 10.8. The summed E-state index contributed by atoms with van der Waals surface area (Å²) in [7, 11) is 0. The van der Waals surface area contributed by atoms with Crippen LogP contribution in [0.5, 0.6) is 5.75 Å². The Labute approximate surface area is 225 Å². The van der Waals surface area contributed by atoms with Crippen LogP contribution in [0.2, 0.25) is 0 Å². The topological polar surface area (TPSA) is 130 Å². The highest BCUT2D eigenvalue weighted by Gasteiger charge is 2.14. The Hall–Kier alpha value is -5.56. The summed E-state index contributed by atoms with van der Waals surface area (Å²) in [5.41, 5.74) is 18.1. The van der Waals surface area contributed by atoms with E-state index in [9.17, 15) is 14.7 Å². The van der Waals surface area contributed by atoms with Crippen LogP contribution in [-0.2, 0) is 0 Å². The van der Waals surface area contributed by atoms with Gasteiger partial charge in [0.05, 0.1) is 0 Å². The lowest BCUT2D eigenvalue weighted by Crippen LogP contribution is -2.15. The zero-order valence-electron chi connectivity index (χ0n) is 20.9. The van der Waals surface area contributed by atoms with Gasteiger partial charge in [0.25, 0.3) is 11.8 Å². The van der Waals surface area contributed by atoms with E-state index in [-0.39, 0.29) is 16.9 Å². The summed E-state index contributed by atoms with van der Waals surface area (Å²) >= 11 is 0. The fraction of sp³-hybridized carbons (Fsp3) is 0. The first-order valence-electron chi connectivity index (χ1n) is 12.2. The molecule has 2 amide bonds. The second-order valence-electron chi connectivity index (χ2n) is 9.09. The third-order valence-electron chi connectivity index (χ3n) is 6.12. The molecule has 0 bridgehead atoms. The van der Waals surface area contributed by atoms with Gasteiger partial charge in [0.1, 0.15) is 5.75 Å². The van der Waals surface area contributed by atoms with Gasteiger partial charge in [-0.2, -0.15) is 0 Å². The predicted octanol–water partition coefficient (Wildman–Crippen LogP) is 6.40. The number of benzene rings is 5. The first-order valence-corrected chi connectivity index (χ1v) is 12.2. The minimum Gasteiger partial charge on any atom is -0.508 e. The molecule has 0 atom stereocenters. The van der Waals surface area contributed by atoms with Gasteiger partial charge in [0, 0.05) is 33.9 Å². The summed E-state index contributed by atoms with van der Waals surface area (Å²) in [6.45, 7) is 0. The van der Waals surface area contributed by atoms with Crippen LogP contribution in [0.1, 0.15) is 20.7 Å². The molecule has 0 saturated carbocycles. The summed E-state index contributed by atoms with van der Waals surface area (Å²) in [6.07, 6.45) is 0. The van der Waals surface area contributed by atoms with E-state index >= 15 is 0 Å². The number of carbonyl (C=O) groups excluding carboxylic acids is 2. The quantitative estimate of drug-likeness (QED) is 0.168. The molecule has 5 aromatic carbocycles. The number of phenols is 1. The molecule has 192 valence electrons. The maximum atomic E-state index is 13.0. The van der Waals surface area contributed by atoms with E-state index in [0.717, 1.165) is 22.3 Å². The number of nitrogens with two attached hydrogens (primary N) is 2. The third-order valence-corrected chi connectivity index (χ3v) is 6.12. The van der Waals surface area contributed by atoms with E-state index in [1.807, 2.05) is 72.8 Å². The largest absolute Gasteiger partial charge is 0.508 e. The van der Waals surface area contributed by atoms with Crippen molar-refractivity contribution in [3.05, 3.63) is 126 Å². The van der Waals surface area contributed by atoms with Gasteiger partial charge in [-0.25, -0.2) is 0 Å². The number of nitrogens with one attached hydrogen (secondary N) is 2. The van der Waals surface area contributed by atoms with E-state index in [1.54, 1.807) is 24.3 Å². The van der Waals surface area contributed by atoms with E-state index in [0.29, 0.717) is 22.7 Å². The maximum absolute atomic E-state index is 13.0. The molecule has 7 heteroatoms. The Morgan fingerprint density at radius 1 is 0.513 bits per heavy atom. The van der Waals surface area contributed by atoms with Crippen molar-refractivity contribution >= 4 is 34.6 Å². The van der Waals surface area contributed by atoms with Crippen molar-refractivity contribution in [3.8, 4) is 28.0 Å². The zero-order valence-corrected chi connectivity index (χ0v) is 20.9. The van der Waals surface area contributed by atoms with Crippen LogP contribution in [0, 0.1) is 0 Å². The number of hydrogen-bond donors (Lipinski definition) is 5. The van der Waals surface area contributed by atoms with Crippen LogP contribution in [-0.4, -0.2) is 16.9 Å². The number of nitrogen functional groups attached to an aromatic ring is 2. The molecule has 0 aliphatic rings. The lowest BCUT2D eigenvalue weighted by molar-refractivity contribution is 0.102. The van der Waals surface area contributed by atoms with E-state index in [4.69, 9.17) is 11.5 Å². The third kappa shape index (κ3) is 6.06. The summed E-state index contributed by atoms with van der Waals surface area (Å²) in [5.74, 6) is -1.13. The summed E-state index contributed by atoms with van der Waals surface area (Å²) in [6, 6.07) is 33.7. The van der Waals surface area contributed by atoms with Crippen molar-refractivity contribution in [3.63, 3.8) is 0 Å². The van der Waals surface area contributed by atoms with Gasteiger partial charge in [0.2, 0.25) is 0 Å².